The normalized spacial score (nSPS) is 19.8. The molecule has 2 rings (SSSR count). The maximum absolute atomic E-state index is 10.2. The molecule has 3 N–H and O–H groups in total. The second-order valence-electron chi connectivity index (χ2n) is 5.81. The van der Waals surface area contributed by atoms with Gasteiger partial charge in [-0.3, -0.25) is 4.99 Å². The number of aliphatic hydroxyl groups excluding tert-OH is 1. The van der Waals surface area contributed by atoms with Crippen LogP contribution in [0, 0.1) is 5.92 Å². The average molecular weight is 487 g/mol. The lowest BCUT2D eigenvalue weighted by atomic mass is 10.1. The standard InChI is InChI=1S/C16H27ClN4OS.HI/c1-3-18-16(19-9-12-7-8-21(4-2)11-12)20-10-13(22)14-5-6-15(17)23-14;/h5-6,12-13,22H,3-4,7-11H2,1-2H3,(H2,18,19,20);1H. The number of hydrogen-bond acceptors (Lipinski definition) is 4. The van der Waals surface area contributed by atoms with Gasteiger partial charge in [-0.25, -0.2) is 0 Å². The minimum absolute atomic E-state index is 0. The molecule has 24 heavy (non-hydrogen) atoms. The third-order valence-electron chi connectivity index (χ3n) is 4.06. The summed E-state index contributed by atoms with van der Waals surface area (Å²) in [6.07, 6.45) is 0.626. The van der Waals surface area contributed by atoms with Crippen LogP contribution in [0.5, 0.6) is 0 Å². The molecule has 8 heteroatoms. The second kappa shape index (κ2) is 11.5. The Balaban J connectivity index is 0.00000288. The van der Waals surface area contributed by atoms with E-state index in [1.165, 1.54) is 24.3 Å². The molecule has 1 saturated heterocycles. The van der Waals surface area contributed by atoms with Crippen LogP contribution in [0.25, 0.3) is 0 Å². The molecule has 0 aromatic carbocycles. The summed E-state index contributed by atoms with van der Waals surface area (Å²) in [6.45, 7) is 9.77. The van der Waals surface area contributed by atoms with Crippen molar-refractivity contribution in [2.24, 2.45) is 10.9 Å². The Morgan fingerprint density at radius 3 is 2.83 bits per heavy atom. The van der Waals surface area contributed by atoms with E-state index < -0.39 is 6.10 Å². The number of aliphatic hydroxyl groups is 1. The number of hydrogen-bond donors (Lipinski definition) is 3. The van der Waals surface area contributed by atoms with E-state index in [0.29, 0.717) is 16.8 Å². The summed E-state index contributed by atoms with van der Waals surface area (Å²) in [5.74, 6) is 1.43. The first-order valence-electron chi connectivity index (χ1n) is 8.30. The predicted molar refractivity (Wildman–Crippen MR) is 114 cm³/mol. The SMILES string of the molecule is CCNC(=NCC(O)c1ccc(Cl)s1)NCC1CCN(CC)C1.I. The molecule has 0 amide bonds. The van der Waals surface area contributed by atoms with Crippen LogP contribution in [-0.4, -0.2) is 55.2 Å². The van der Waals surface area contributed by atoms with E-state index in [1.54, 1.807) is 6.07 Å². The van der Waals surface area contributed by atoms with E-state index in [2.05, 4.69) is 27.4 Å². The van der Waals surface area contributed by atoms with Crippen LogP contribution in [-0.2, 0) is 0 Å². The molecule has 0 bridgehead atoms. The van der Waals surface area contributed by atoms with Gasteiger partial charge in [0.25, 0.3) is 0 Å². The van der Waals surface area contributed by atoms with Crippen molar-refractivity contribution in [2.45, 2.75) is 26.4 Å². The van der Waals surface area contributed by atoms with Gasteiger partial charge >= 0.3 is 0 Å². The van der Waals surface area contributed by atoms with Crippen LogP contribution in [0.1, 0.15) is 31.2 Å². The largest absolute Gasteiger partial charge is 0.386 e. The lowest BCUT2D eigenvalue weighted by Crippen LogP contribution is -2.40. The minimum atomic E-state index is -0.606. The highest BCUT2D eigenvalue weighted by molar-refractivity contribution is 14.0. The summed E-state index contributed by atoms with van der Waals surface area (Å²) >= 11 is 7.30. The van der Waals surface area contributed by atoms with Gasteiger partial charge in [0.2, 0.25) is 0 Å². The van der Waals surface area contributed by atoms with Gasteiger partial charge in [-0.2, -0.15) is 0 Å². The summed E-state index contributed by atoms with van der Waals surface area (Å²) in [5, 5.41) is 16.8. The highest BCUT2D eigenvalue weighted by Gasteiger charge is 2.21. The summed E-state index contributed by atoms with van der Waals surface area (Å²) in [7, 11) is 0. The Morgan fingerprint density at radius 1 is 1.46 bits per heavy atom. The van der Waals surface area contributed by atoms with Gasteiger partial charge < -0.3 is 20.6 Å². The first-order valence-corrected chi connectivity index (χ1v) is 9.49. The van der Waals surface area contributed by atoms with Crippen molar-refractivity contribution in [1.82, 2.24) is 15.5 Å². The summed E-state index contributed by atoms with van der Waals surface area (Å²) in [5.41, 5.74) is 0. The molecule has 1 aliphatic heterocycles. The van der Waals surface area contributed by atoms with Crippen molar-refractivity contribution in [2.75, 3.05) is 39.3 Å². The molecule has 2 atom stereocenters. The Kier molecular flexibility index (Phi) is 10.5. The fourth-order valence-electron chi connectivity index (χ4n) is 2.72. The molecule has 0 saturated carbocycles. The van der Waals surface area contributed by atoms with Gasteiger partial charge in [0, 0.05) is 24.5 Å². The van der Waals surface area contributed by atoms with Crippen molar-refractivity contribution in [3.63, 3.8) is 0 Å². The Morgan fingerprint density at radius 2 is 2.25 bits per heavy atom. The third kappa shape index (κ3) is 7.03. The van der Waals surface area contributed by atoms with Gasteiger partial charge in [0.1, 0.15) is 6.10 Å². The third-order valence-corrected chi connectivity index (χ3v) is 5.40. The summed E-state index contributed by atoms with van der Waals surface area (Å²) in [4.78, 5) is 7.82. The van der Waals surface area contributed by atoms with Crippen molar-refractivity contribution in [1.29, 1.82) is 0 Å². The summed E-state index contributed by atoms with van der Waals surface area (Å²) in [6, 6.07) is 3.66. The number of guanidine groups is 1. The molecule has 2 heterocycles. The first kappa shape index (κ1) is 22.0. The average Bonchev–Trinajstić information content (AvgIpc) is 3.18. The number of thiophene rings is 1. The van der Waals surface area contributed by atoms with Crippen LogP contribution in [0.2, 0.25) is 4.34 Å². The van der Waals surface area contributed by atoms with Gasteiger partial charge in [-0.1, -0.05) is 18.5 Å². The maximum Gasteiger partial charge on any atom is 0.191 e. The topological polar surface area (TPSA) is 59.9 Å². The van der Waals surface area contributed by atoms with Crippen molar-refractivity contribution in [3.8, 4) is 0 Å². The minimum Gasteiger partial charge on any atom is -0.386 e. The van der Waals surface area contributed by atoms with Crippen LogP contribution in [0.15, 0.2) is 17.1 Å². The predicted octanol–water partition coefficient (Wildman–Crippen LogP) is 2.95. The molecule has 138 valence electrons. The lowest BCUT2D eigenvalue weighted by Gasteiger charge is -2.16. The molecule has 0 spiro atoms. The quantitative estimate of drug-likeness (QED) is 0.315. The number of likely N-dealkylation sites (tertiary alicyclic amines) is 1. The van der Waals surface area contributed by atoms with Crippen molar-refractivity contribution < 1.29 is 5.11 Å². The second-order valence-corrected chi connectivity index (χ2v) is 7.55. The number of aliphatic imine (C=N–C) groups is 1. The van der Waals surface area contributed by atoms with E-state index in [-0.39, 0.29) is 24.0 Å². The highest BCUT2D eigenvalue weighted by Crippen LogP contribution is 2.26. The van der Waals surface area contributed by atoms with Crippen LogP contribution in [0.4, 0.5) is 0 Å². The van der Waals surface area contributed by atoms with Crippen molar-refractivity contribution in [3.05, 3.63) is 21.3 Å². The zero-order chi connectivity index (χ0) is 16.7. The van der Waals surface area contributed by atoms with Gasteiger partial charge in [-0.05, 0) is 44.5 Å². The molecule has 1 aliphatic rings. The van der Waals surface area contributed by atoms with Gasteiger partial charge in [-0.15, -0.1) is 35.3 Å². The molecule has 1 fully saturated rings. The molecule has 1 aromatic heterocycles. The Labute approximate surface area is 170 Å². The fourth-order valence-corrected chi connectivity index (χ4v) is 3.76. The zero-order valence-corrected chi connectivity index (χ0v) is 18.2. The number of rotatable bonds is 7. The molecule has 0 radical (unpaired) electrons. The van der Waals surface area contributed by atoms with E-state index in [4.69, 9.17) is 11.6 Å². The Hall–Kier alpha value is -0.0900. The monoisotopic (exact) mass is 486 g/mol. The number of nitrogens with one attached hydrogen (secondary N) is 2. The van der Waals surface area contributed by atoms with Crippen LogP contribution < -0.4 is 10.6 Å². The molecule has 0 aliphatic carbocycles. The summed E-state index contributed by atoms with van der Waals surface area (Å²) < 4.78 is 0.690. The lowest BCUT2D eigenvalue weighted by molar-refractivity contribution is 0.191. The zero-order valence-electron chi connectivity index (χ0n) is 14.3. The van der Waals surface area contributed by atoms with E-state index >= 15 is 0 Å². The smallest absolute Gasteiger partial charge is 0.191 e. The molecular formula is C16H28ClIN4OS. The molecular weight excluding hydrogens is 459 g/mol. The van der Waals surface area contributed by atoms with Crippen molar-refractivity contribution >= 4 is 52.9 Å². The fraction of sp³-hybridized carbons (Fsp3) is 0.688. The Bertz CT molecular complexity index is 514. The molecule has 5 nitrogen and oxygen atoms in total. The van der Waals surface area contributed by atoms with Crippen LogP contribution >= 0.6 is 46.9 Å². The van der Waals surface area contributed by atoms with E-state index in [1.807, 2.05) is 13.0 Å². The van der Waals surface area contributed by atoms with Gasteiger partial charge in [0.05, 0.1) is 10.9 Å². The van der Waals surface area contributed by atoms with Gasteiger partial charge in [0.15, 0.2) is 5.96 Å². The first-order chi connectivity index (χ1) is 11.1. The molecule has 2 unspecified atom stereocenters. The molecule has 1 aromatic rings. The maximum atomic E-state index is 10.2. The number of nitrogens with zero attached hydrogens (tertiary/aromatic N) is 2. The highest BCUT2D eigenvalue weighted by atomic mass is 127. The van der Waals surface area contributed by atoms with Crippen LogP contribution in [0.3, 0.4) is 0 Å². The van der Waals surface area contributed by atoms with E-state index in [0.717, 1.165) is 37.0 Å². The number of halogens is 2. The van der Waals surface area contributed by atoms with E-state index in [9.17, 15) is 5.11 Å².